The molecule has 0 bridgehead atoms. The van der Waals surface area contributed by atoms with Gasteiger partial charge in [0.1, 0.15) is 17.0 Å². The molecule has 41 heavy (non-hydrogen) atoms. The normalized spacial score (nSPS) is 13.3. The Bertz CT molecular complexity index is 1600. The standard InChI is InChI=1S/C30H34N8O3/c1-2-38-27(31)25(29(40)33-14-17-37-15-3-4-16-37)26(39)23-11-12-24(36-28(23)38)21-7-9-22(10-8-21)35-30(41)34-19-20-6-5-13-32-18-20/h5-13,18H,2-4,14-17,19,31H2,1H3,(H,33,40)(H2,34,35,41). The third-order valence-electron chi connectivity index (χ3n) is 7.22. The maximum Gasteiger partial charge on any atom is 0.319 e. The van der Waals surface area contributed by atoms with Crippen molar-refractivity contribution in [2.24, 2.45) is 0 Å². The molecule has 3 amide bonds. The number of amides is 3. The topological polar surface area (TPSA) is 147 Å². The number of nitrogens with two attached hydrogens (primary N) is 1. The number of carbonyl (C=O) groups is 2. The molecule has 4 heterocycles. The number of aryl methyl sites for hydroxylation is 1. The zero-order valence-electron chi connectivity index (χ0n) is 23.0. The number of anilines is 2. The van der Waals surface area contributed by atoms with Gasteiger partial charge < -0.3 is 31.2 Å². The molecule has 11 heteroatoms. The Balaban J connectivity index is 1.31. The quantitative estimate of drug-likeness (QED) is 0.248. The summed E-state index contributed by atoms with van der Waals surface area (Å²) in [7, 11) is 0. The molecule has 0 aliphatic carbocycles. The van der Waals surface area contributed by atoms with Gasteiger partial charge in [0, 0.05) is 49.8 Å². The predicted octanol–water partition coefficient (Wildman–Crippen LogP) is 3.21. The summed E-state index contributed by atoms with van der Waals surface area (Å²) in [5.74, 6) is -0.363. The lowest BCUT2D eigenvalue weighted by Gasteiger charge is -2.17. The van der Waals surface area contributed by atoms with Gasteiger partial charge in [-0.05, 0) is 68.8 Å². The second-order valence-electron chi connectivity index (χ2n) is 9.95. The molecular weight excluding hydrogens is 520 g/mol. The van der Waals surface area contributed by atoms with Crippen molar-refractivity contribution in [1.29, 1.82) is 0 Å². The van der Waals surface area contributed by atoms with E-state index < -0.39 is 11.3 Å². The predicted molar refractivity (Wildman–Crippen MR) is 160 cm³/mol. The lowest BCUT2D eigenvalue weighted by Crippen LogP contribution is -2.37. The van der Waals surface area contributed by atoms with Crippen LogP contribution in [0.15, 0.2) is 65.7 Å². The highest BCUT2D eigenvalue weighted by Gasteiger charge is 2.22. The molecule has 0 atom stereocenters. The van der Waals surface area contributed by atoms with Crippen LogP contribution in [0.25, 0.3) is 22.3 Å². The van der Waals surface area contributed by atoms with Gasteiger partial charge in [-0.25, -0.2) is 9.78 Å². The zero-order valence-corrected chi connectivity index (χ0v) is 23.0. The summed E-state index contributed by atoms with van der Waals surface area (Å²) in [4.78, 5) is 49.7. The number of rotatable bonds is 9. The van der Waals surface area contributed by atoms with E-state index in [-0.39, 0.29) is 17.4 Å². The van der Waals surface area contributed by atoms with Crippen LogP contribution in [-0.4, -0.2) is 57.6 Å². The van der Waals surface area contributed by atoms with Gasteiger partial charge in [0.15, 0.2) is 0 Å². The second kappa shape index (κ2) is 12.6. The van der Waals surface area contributed by atoms with E-state index in [0.29, 0.717) is 42.0 Å². The van der Waals surface area contributed by atoms with Crippen LogP contribution in [0.2, 0.25) is 0 Å². The highest BCUT2D eigenvalue weighted by atomic mass is 16.2. The van der Waals surface area contributed by atoms with E-state index in [9.17, 15) is 14.4 Å². The number of pyridine rings is 3. The van der Waals surface area contributed by atoms with E-state index >= 15 is 0 Å². The van der Waals surface area contributed by atoms with Crippen LogP contribution in [0.4, 0.5) is 16.3 Å². The molecule has 5 rings (SSSR count). The number of hydrogen-bond donors (Lipinski definition) is 4. The van der Waals surface area contributed by atoms with E-state index in [0.717, 1.165) is 30.8 Å². The Morgan fingerprint density at radius 2 is 1.80 bits per heavy atom. The van der Waals surface area contributed by atoms with Crippen LogP contribution in [0.1, 0.15) is 35.7 Å². The zero-order chi connectivity index (χ0) is 28.8. The van der Waals surface area contributed by atoms with E-state index in [1.807, 2.05) is 31.2 Å². The number of hydrogen-bond acceptors (Lipinski definition) is 7. The molecule has 3 aromatic heterocycles. The first-order chi connectivity index (χ1) is 19.9. The lowest BCUT2D eigenvalue weighted by molar-refractivity contribution is 0.0949. The maximum absolute atomic E-state index is 13.4. The van der Waals surface area contributed by atoms with Crippen molar-refractivity contribution in [3.8, 4) is 11.3 Å². The number of carbonyl (C=O) groups excluding carboxylic acids is 2. The molecule has 0 unspecified atom stereocenters. The molecule has 1 aliphatic rings. The number of likely N-dealkylation sites (tertiary alicyclic amines) is 1. The number of nitrogens with one attached hydrogen (secondary N) is 3. The van der Waals surface area contributed by atoms with Crippen molar-refractivity contribution in [1.82, 2.24) is 30.1 Å². The summed E-state index contributed by atoms with van der Waals surface area (Å²) in [6.45, 7) is 5.96. The molecule has 5 N–H and O–H groups in total. The molecule has 1 fully saturated rings. The van der Waals surface area contributed by atoms with Crippen molar-refractivity contribution in [3.05, 3.63) is 82.3 Å². The summed E-state index contributed by atoms with van der Waals surface area (Å²) in [6.07, 6.45) is 5.73. The van der Waals surface area contributed by atoms with Gasteiger partial charge in [0.05, 0.1) is 11.1 Å². The molecule has 0 radical (unpaired) electrons. The van der Waals surface area contributed by atoms with Crippen molar-refractivity contribution in [3.63, 3.8) is 0 Å². The highest BCUT2D eigenvalue weighted by Crippen LogP contribution is 2.24. The molecule has 212 valence electrons. The molecule has 1 saturated heterocycles. The Morgan fingerprint density at radius 3 is 2.51 bits per heavy atom. The van der Waals surface area contributed by atoms with Gasteiger partial charge in [-0.3, -0.25) is 14.6 Å². The van der Waals surface area contributed by atoms with E-state index in [2.05, 4.69) is 25.8 Å². The first kappa shape index (κ1) is 27.8. The molecule has 4 aromatic rings. The van der Waals surface area contributed by atoms with E-state index in [4.69, 9.17) is 10.7 Å². The highest BCUT2D eigenvalue weighted by molar-refractivity contribution is 6.01. The number of nitrogens with zero attached hydrogens (tertiary/aromatic N) is 4. The van der Waals surface area contributed by atoms with Crippen LogP contribution < -0.4 is 27.1 Å². The van der Waals surface area contributed by atoms with Crippen LogP contribution in [-0.2, 0) is 13.1 Å². The fourth-order valence-corrected chi connectivity index (χ4v) is 5.04. The van der Waals surface area contributed by atoms with Gasteiger partial charge in [0.25, 0.3) is 5.91 Å². The SMILES string of the molecule is CCn1c(N)c(C(=O)NCCN2CCCC2)c(=O)c2ccc(-c3ccc(NC(=O)NCc4cccnc4)cc3)nc21. The average molecular weight is 555 g/mol. The third kappa shape index (κ3) is 6.36. The average Bonchev–Trinajstić information content (AvgIpc) is 3.51. The summed E-state index contributed by atoms with van der Waals surface area (Å²) < 4.78 is 1.69. The van der Waals surface area contributed by atoms with Crippen molar-refractivity contribution in [2.45, 2.75) is 32.9 Å². The fraction of sp³-hybridized carbons (Fsp3) is 0.300. The van der Waals surface area contributed by atoms with Crippen LogP contribution in [0.3, 0.4) is 0 Å². The first-order valence-corrected chi connectivity index (χ1v) is 13.8. The third-order valence-corrected chi connectivity index (χ3v) is 7.22. The van der Waals surface area contributed by atoms with Crippen LogP contribution in [0, 0.1) is 0 Å². The number of nitrogen functional groups attached to an aromatic ring is 1. The molecule has 0 spiro atoms. The van der Waals surface area contributed by atoms with E-state index in [1.54, 1.807) is 41.2 Å². The number of aromatic nitrogens is 3. The molecule has 1 aliphatic heterocycles. The van der Waals surface area contributed by atoms with Crippen molar-refractivity contribution in [2.75, 3.05) is 37.2 Å². The number of fused-ring (bicyclic) bond motifs is 1. The van der Waals surface area contributed by atoms with Crippen LogP contribution >= 0.6 is 0 Å². The lowest BCUT2D eigenvalue weighted by atomic mass is 10.1. The Kier molecular flexibility index (Phi) is 8.54. The van der Waals surface area contributed by atoms with Gasteiger partial charge in [-0.15, -0.1) is 0 Å². The monoisotopic (exact) mass is 554 g/mol. The second-order valence-corrected chi connectivity index (χ2v) is 9.95. The molecule has 0 saturated carbocycles. The van der Waals surface area contributed by atoms with Crippen molar-refractivity contribution < 1.29 is 9.59 Å². The van der Waals surface area contributed by atoms with Crippen LogP contribution in [0.5, 0.6) is 0 Å². The summed E-state index contributed by atoms with van der Waals surface area (Å²) in [5, 5.41) is 8.80. The van der Waals surface area contributed by atoms with Gasteiger partial charge in [-0.1, -0.05) is 18.2 Å². The van der Waals surface area contributed by atoms with Crippen molar-refractivity contribution >= 4 is 34.5 Å². The smallest absolute Gasteiger partial charge is 0.319 e. The summed E-state index contributed by atoms with van der Waals surface area (Å²) in [6, 6.07) is 14.0. The minimum atomic E-state index is -0.465. The number of benzene rings is 1. The molecule has 1 aromatic carbocycles. The Hall–Kier alpha value is -4.77. The van der Waals surface area contributed by atoms with Gasteiger partial charge in [0.2, 0.25) is 5.43 Å². The molecular formula is C30H34N8O3. The minimum Gasteiger partial charge on any atom is -0.384 e. The van der Waals surface area contributed by atoms with E-state index in [1.165, 1.54) is 12.8 Å². The van der Waals surface area contributed by atoms with Gasteiger partial charge in [-0.2, -0.15) is 0 Å². The maximum atomic E-state index is 13.4. The largest absolute Gasteiger partial charge is 0.384 e. The summed E-state index contributed by atoms with van der Waals surface area (Å²) >= 11 is 0. The Morgan fingerprint density at radius 1 is 1.02 bits per heavy atom. The number of urea groups is 1. The molecule has 11 nitrogen and oxygen atoms in total. The summed E-state index contributed by atoms with van der Waals surface area (Å²) in [5.41, 5.74) is 9.26. The fourth-order valence-electron chi connectivity index (χ4n) is 5.04. The Labute approximate surface area is 237 Å². The first-order valence-electron chi connectivity index (χ1n) is 13.8. The van der Waals surface area contributed by atoms with Gasteiger partial charge >= 0.3 is 6.03 Å². The minimum absolute atomic E-state index is 0.0486.